The van der Waals surface area contributed by atoms with Crippen molar-refractivity contribution in [1.29, 1.82) is 0 Å². The topological polar surface area (TPSA) is 28.0 Å². The highest BCUT2D eigenvalue weighted by Crippen LogP contribution is 2.28. The number of amidine groups is 2. The van der Waals surface area contributed by atoms with Crippen LogP contribution in [0.25, 0.3) is 0 Å². The van der Waals surface area contributed by atoms with Crippen LogP contribution in [-0.4, -0.2) is 23.6 Å². The maximum Gasteiger partial charge on any atom is 0.159 e. The molecule has 0 N–H and O–H groups in total. The summed E-state index contributed by atoms with van der Waals surface area (Å²) >= 11 is 0. The van der Waals surface area contributed by atoms with E-state index >= 15 is 0 Å². The van der Waals surface area contributed by atoms with Crippen molar-refractivity contribution in [2.45, 2.75) is 13.1 Å². The van der Waals surface area contributed by atoms with E-state index in [1.807, 2.05) is 36.4 Å². The number of hydrogen-bond acceptors (Lipinski definition) is 3. The number of aryl methyl sites for hydroxylation is 1. The molecule has 1 unspecified atom stereocenters. The zero-order valence-corrected chi connectivity index (χ0v) is 15.0. The van der Waals surface area contributed by atoms with E-state index in [2.05, 4.69) is 67.4 Å². The van der Waals surface area contributed by atoms with Gasteiger partial charge < -0.3 is 4.90 Å². The summed E-state index contributed by atoms with van der Waals surface area (Å²) in [4.78, 5) is 12.0. The Hall–Kier alpha value is -3.20. The molecule has 0 aromatic heterocycles. The Morgan fingerprint density at radius 3 is 1.92 bits per heavy atom. The van der Waals surface area contributed by atoms with Gasteiger partial charge in [0.25, 0.3) is 0 Å². The molecule has 0 saturated carbocycles. The molecule has 0 spiro atoms. The second-order valence-corrected chi connectivity index (χ2v) is 6.52. The minimum absolute atomic E-state index is 0.0986. The van der Waals surface area contributed by atoms with Crippen LogP contribution in [0.4, 0.5) is 0 Å². The predicted molar refractivity (Wildman–Crippen MR) is 108 cm³/mol. The molecule has 1 aliphatic heterocycles. The van der Waals surface area contributed by atoms with Gasteiger partial charge in [-0.15, -0.1) is 0 Å². The minimum Gasteiger partial charge on any atom is -0.333 e. The molecule has 3 heteroatoms. The van der Waals surface area contributed by atoms with Crippen LogP contribution < -0.4 is 0 Å². The summed E-state index contributed by atoms with van der Waals surface area (Å²) in [5, 5.41) is 0. The monoisotopic (exact) mass is 339 g/mol. The molecule has 3 nitrogen and oxygen atoms in total. The molecule has 0 fully saturated rings. The smallest absolute Gasteiger partial charge is 0.159 e. The number of hydrogen-bond donors (Lipinski definition) is 0. The summed E-state index contributed by atoms with van der Waals surface area (Å²) in [7, 11) is 2.06. The Labute approximate surface area is 154 Å². The Morgan fingerprint density at radius 2 is 1.31 bits per heavy atom. The van der Waals surface area contributed by atoms with Gasteiger partial charge in [-0.2, -0.15) is 0 Å². The van der Waals surface area contributed by atoms with Crippen molar-refractivity contribution in [2.75, 3.05) is 7.05 Å². The second-order valence-electron chi connectivity index (χ2n) is 6.52. The van der Waals surface area contributed by atoms with E-state index < -0.39 is 0 Å². The first-order valence-corrected chi connectivity index (χ1v) is 8.79. The highest BCUT2D eigenvalue weighted by Gasteiger charge is 2.26. The highest BCUT2D eigenvalue weighted by atomic mass is 15.3. The molecule has 0 aliphatic carbocycles. The van der Waals surface area contributed by atoms with Crippen molar-refractivity contribution < 1.29 is 0 Å². The predicted octanol–water partition coefficient (Wildman–Crippen LogP) is 4.83. The average Bonchev–Trinajstić information content (AvgIpc) is 2.70. The first-order chi connectivity index (χ1) is 12.7. The number of aliphatic imine (C=N–C) groups is 2. The fourth-order valence-electron chi connectivity index (χ4n) is 3.14. The highest BCUT2D eigenvalue weighted by molar-refractivity contribution is 6.12. The SMILES string of the molecule is Cc1ccc(C2N=C(c3ccccc3)N=C(c3ccccc3)N2C)cc1. The van der Waals surface area contributed by atoms with Crippen molar-refractivity contribution in [3.63, 3.8) is 0 Å². The van der Waals surface area contributed by atoms with E-state index in [1.54, 1.807) is 0 Å². The fraction of sp³-hybridized carbons (Fsp3) is 0.130. The lowest BCUT2D eigenvalue weighted by Gasteiger charge is -2.32. The normalized spacial score (nSPS) is 16.8. The molecular formula is C23H21N3. The van der Waals surface area contributed by atoms with E-state index in [0.29, 0.717) is 0 Å². The Kier molecular flexibility index (Phi) is 4.36. The molecule has 0 amide bonds. The first kappa shape index (κ1) is 16.3. The van der Waals surface area contributed by atoms with Gasteiger partial charge >= 0.3 is 0 Å². The maximum atomic E-state index is 4.96. The summed E-state index contributed by atoms with van der Waals surface area (Å²) in [5.74, 6) is 1.71. The van der Waals surface area contributed by atoms with E-state index in [4.69, 9.17) is 9.98 Å². The maximum absolute atomic E-state index is 4.96. The van der Waals surface area contributed by atoms with Crippen molar-refractivity contribution in [1.82, 2.24) is 4.90 Å². The van der Waals surface area contributed by atoms with Crippen molar-refractivity contribution in [3.8, 4) is 0 Å². The summed E-state index contributed by atoms with van der Waals surface area (Å²) in [5.41, 5.74) is 4.54. The fourth-order valence-corrected chi connectivity index (χ4v) is 3.14. The van der Waals surface area contributed by atoms with Gasteiger partial charge in [-0.25, -0.2) is 9.98 Å². The molecule has 3 aromatic rings. The van der Waals surface area contributed by atoms with Crippen LogP contribution in [0.2, 0.25) is 0 Å². The van der Waals surface area contributed by atoms with Crippen LogP contribution in [0.1, 0.15) is 28.4 Å². The van der Waals surface area contributed by atoms with Gasteiger partial charge in [-0.3, -0.25) is 0 Å². The molecule has 0 radical (unpaired) electrons. The molecule has 1 heterocycles. The van der Waals surface area contributed by atoms with E-state index in [1.165, 1.54) is 5.56 Å². The lowest BCUT2D eigenvalue weighted by Crippen LogP contribution is -2.35. The zero-order chi connectivity index (χ0) is 17.9. The van der Waals surface area contributed by atoms with Crippen molar-refractivity contribution in [2.24, 2.45) is 9.98 Å². The molecule has 0 bridgehead atoms. The number of benzene rings is 3. The summed E-state index contributed by atoms with van der Waals surface area (Å²) in [6.45, 7) is 2.10. The van der Waals surface area contributed by atoms with Gasteiger partial charge in [0.15, 0.2) is 5.84 Å². The molecule has 4 rings (SSSR count). The van der Waals surface area contributed by atoms with Crippen molar-refractivity contribution >= 4 is 11.7 Å². The zero-order valence-electron chi connectivity index (χ0n) is 15.0. The van der Waals surface area contributed by atoms with Crippen LogP contribution in [0.3, 0.4) is 0 Å². The summed E-state index contributed by atoms with van der Waals surface area (Å²) in [6.07, 6.45) is -0.0986. The van der Waals surface area contributed by atoms with Crippen LogP contribution in [0, 0.1) is 6.92 Å². The first-order valence-electron chi connectivity index (χ1n) is 8.79. The van der Waals surface area contributed by atoms with Crippen LogP contribution in [0.15, 0.2) is 94.9 Å². The van der Waals surface area contributed by atoms with E-state index in [9.17, 15) is 0 Å². The van der Waals surface area contributed by atoms with Crippen molar-refractivity contribution in [3.05, 3.63) is 107 Å². The van der Waals surface area contributed by atoms with Crippen LogP contribution >= 0.6 is 0 Å². The van der Waals surface area contributed by atoms with Crippen LogP contribution in [-0.2, 0) is 0 Å². The van der Waals surface area contributed by atoms with Gasteiger partial charge in [0, 0.05) is 18.2 Å². The summed E-state index contributed by atoms with van der Waals surface area (Å²) < 4.78 is 0. The van der Waals surface area contributed by atoms with Gasteiger partial charge in [-0.05, 0) is 12.5 Å². The Morgan fingerprint density at radius 1 is 0.731 bits per heavy atom. The summed E-state index contributed by atoms with van der Waals surface area (Å²) in [6, 6.07) is 29.0. The largest absolute Gasteiger partial charge is 0.333 e. The van der Waals surface area contributed by atoms with Gasteiger partial charge in [0.05, 0.1) is 0 Å². The Balaban J connectivity index is 1.83. The molecule has 1 atom stereocenters. The quantitative estimate of drug-likeness (QED) is 0.671. The third-order valence-electron chi connectivity index (χ3n) is 4.60. The van der Waals surface area contributed by atoms with E-state index in [0.717, 1.165) is 28.4 Å². The average molecular weight is 339 g/mol. The van der Waals surface area contributed by atoms with Gasteiger partial charge in [0.1, 0.15) is 12.0 Å². The molecule has 1 aliphatic rings. The van der Waals surface area contributed by atoms with Gasteiger partial charge in [0.2, 0.25) is 0 Å². The number of nitrogens with zero attached hydrogens (tertiary/aromatic N) is 3. The van der Waals surface area contributed by atoms with Gasteiger partial charge in [-0.1, -0.05) is 90.5 Å². The lowest BCUT2D eigenvalue weighted by molar-refractivity contribution is 0.383. The molecular weight excluding hydrogens is 318 g/mol. The second kappa shape index (κ2) is 6.96. The van der Waals surface area contributed by atoms with E-state index in [-0.39, 0.29) is 6.17 Å². The number of rotatable bonds is 3. The third-order valence-corrected chi connectivity index (χ3v) is 4.60. The standard InChI is InChI=1S/C23H21N3/c1-17-13-15-20(16-14-17)23-25-21(18-9-5-3-6-10-18)24-22(26(23)2)19-11-7-4-8-12-19/h3-16,23H,1-2H3. The Bertz CT molecular complexity index is 942. The molecule has 26 heavy (non-hydrogen) atoms. The molecule has 3 aromatic carbocycles. The lowest BCUT2D eigenvalue weighted by atomic mass is 10.1. The molecule has 128 valence electrons. The molecule has 0 saturated heterocycles. The third kappa shape index (κ3) is 3.16. The minimum atomic E-state index is -0.0986. The van der Waals surface area contributed by atoms with Crippen LogP contribution in [0.5, 0.6) is 0 Å².